The van der Waals surface area contributed by atoms with Gasteiger partial charge in [0, 0.05) is 19.2 Å². The standard InChI is InChI=1S/C13H13IN2O3/c14-12-4-3-10(19-12)6-9(7-15)13(17)16-8-11-2-1-5-18-11/h3-4,6,11H,1-2,5,8H2,(H,16,17)/b9-6-/t11-/m0/s1. The highest BCUT2D eigenvalue weighted by Gasteiger charge is 2.17. The van der Waals surface area contributed by atoms with E-state index in [0.29, 0.717) is 16.1 Å². The Morgan fingerprint density at radius 2 is 2.47 bits per heavy atom. The van der Waals surface area contributed by atoms with Crippen molar-refractivity contribution >= 4 is 34.6 Å². The minimum atomic E-state index is -0.399. The summed E-state index contributed by atoms with van der Waals surface area (Å²) in [7, 11) is 0. The summed E-state index contributed by atoms with van der Waals surface area (Å²) in [6.07, 6.45) is 3.47. The number of carbonyl (C=O) groups is 1. The summed E-state index contributed by atoms with van der Waals surface area (Å²) in [6.45, 7) is 1.18. The zero-order valence-electron chi connectivity index (χ0n) is 10.2. The van der Waals surface area contributed by atoms with Crippen LogP contribution in [0.3, 0.4) is 0 Å². The average Bonchev–Trinajstić information content (AvgIpc) is 3.04. The zero-order chi connectivity index (χ0) is 13.7. The summed E-state index contributed by atoms with van der Waals surface area (Å²) in [5.74, 6) is 0.0950. The lowest BCUT2D eigenvalue weighted by atomic mass is 10.2. The monoisotopic (exact) mass is 372 g/mol. The lowest BCUT2D eigenvalue weighted by Crippen LogP contribution is -2.32. The second-order valence-electron chi connectivity index (χ2n) is 4.16. The second-order valence-corrected chi connectivity index (χ2v) is 5.22. The largest absolute Gasteiger partial charge is 0.451 e. The second kappa shape index (κ2) is 6.73. The number of ether oxygens (including phenoxy) is 1. The summed E-state index contributed by atoms with van der Waals surface area (Å²) in [4.78, 5) is 11.8. The van der Waals surface area contributed by atoms with Crippen LogP contribution in [0.1, 0.15) is 18.6 Å². The molecule has 2 heterocycles. The van der Waals surface area contributed by atoms with Gasteiger partial charge in [0.1, 0.15) is 17.4 Å². The quantitative estimate of drug-likeness (QED) is 0.499. The Hall–Kier alpha value is -1.33. The molecule has 1 saturated heterocycles. The van der Waals surface area contributed by atoms with Crippen LogP contribution in [-0.4, -0.2) is 25.2 Å². The van der Waals surface area contributed by atoms with Gasteiger partial charge in [-0.05, 0) is 47.6 Å². The Balaban J connectivity index is 1.95. The fraction of sp³-hybridized carbons (Fsp3) is 0.385. The van der Waals surface area contributed by atoms with Gasteiger partial charge in [0.15, 0.2) is 3.77 Å². The van der Waals surface area contributed by atoms with E-state index in [1.165, 1.54) is 6.08 Å². The molecule has 0 saturated carbocycles. The van der Waals surface area contributed by atoms with Crippen LogP contribution in [0.15, 0.2) is 22.1 Å². The first-order chi connectivity index (χ1) is 9.19. The van der Waals surface area contributed by atoms with E-state index in [-0.39, 0.29) is 11.7 Å². The van der Waals surface area contributed by atoms with E-state index in [1.54, 1.807) is 12.1 Å². The van der Waals surface area contributed by atoms with E-state index in [1.807, 2.05) is 28.7 Å². The fourth-order valence-corrected chi connectivity index (χ4v) is 2.24. The molecule has 0 aromatic carbocycles. The zero-order valence-corrected chi connectivity index (χ0v) is 12.3. The number of amides is 1. The minimum absolute atomic E-state index is 0.0312. The van der Waals surface area contributed by atoms with Gasteiger partial charge in [-0.1, -0.05) is 0 Å². The van der Waals surface area contributed by atoms with Crippen molar-refractivity contribution in [2.75, 3.05) is 13.2 Å². The van der Waals surface area contributed by atoms with Gasteiger partial charge in [-0.2, -0.15) is 5.26 Å². The Labute approximate surface area is 124 Å². The van der Waals surface area contributed by atoms with Crippen LogP contribution in [0.4, 0.5) is 0 Å². The molecule has 100 valence electrons. The Kier molecular flexibility index (Phi) is 4.99. The van der Waals surface area contributed by atoms with Crippen molar-refractivity contribution < 1.29 is 13.9 Å². The first-order valence-electron chi connectivity index (χ1n) is 5.96. The molecule has 1 aliphatic rings. The number of halogens is 1. The molecule has 2 rings (SSSR count). The van der Waals surface area contributed by atoms with E-state index in [0.717, 1.165) is 19.4 Å². The SMILES string of the molecule is N#C/C(=C/c1ccc(I)o1)C(=O)NC[C@@H]1CCCO1. The van der Waals surface area contributed by atoms with Crippen LogP contribution in [0.2, 0.25) is 0 Å². The first-order valence-corrected chi connectivity index (χ1v) is 7.04. The lowest BCUT2D eigenvalue weighted by molar-refractivity contribution is -0.117. The number of nitrogens with zero attached hydrogens (tertiary/aromatic N) is 1. The van der Waals surface area contributed by atoms with E-state index >= 15 is 0 Å². The van der Waals surface area contributed by atoms with E-state index in [4.69, 9.17) is 14.4 Å². The number of furan rings is 1. The molecule has 0 radical (unpaired) electrons. The Morgan fingerprint density at radius 3 is 3.05 bits per heavy atom. The molecule has 1 amide bonds. The maximum atomic E-state index is 11.8. The number of nitrogens with one attached hydrogen (secondary N) is 1. The van der Waals surface area contributed by atoms with Gasteiger partial charge in [-0.25, -0.2) is 0 Å². The summed E-state index contributed by atoms with van der Waals surface area (Å²) >= 11 is 2.02. The van der Waals surface area contributed by atoms with Crippen LogP contribution in [0.25, 0.3) is 6.08 Å². The molecule has 0 spiro atoms. The summed E-state index contributed by atoms with van der Waals surface area (Å²) in [5, 5.41) is 11.7. The third-order valence-electron chi connectivity index (χ3n) is 2.76. The van der Waals surface area contributed by atoms with Crippen molar-refractivity contribution in [3.05, 3.63) is 27.2 Å². The number of nitriles is 1. The minimum Gasteiger partial charge on any atom is -0.451 e. The number of rotatable bonds is 4. The van der Waals surface area contributed by atoms with Gasteiger partial charge in [-0.15, -0.1) is 0 Å². The molecule has 19 heavy (non-hydrogen) atoms. The van der Waals surface area contributed by atoms with E-state index in [9.17, 15) is 4.79 Å². The van der Waals surface area contributed by atoms with Gasteiger partial charge in [0.05, 0.1) is 6.10 Å². The smallest absolute Gasteiger partial charge is 0.262 e. The third kappa shape index (κ3) is 4.08. The number of hydrogen-bond donors (Lipinski definition) is 1. The summed E-state index contributed by atoms with van der Waals surface area (Å²) in [5.41, 5.74) is 0.0312. The van der Waals surface area contributed by atoms with Gasteiger partial charge in [-0.3, -0.25) is 4.79 Å². The van der Waals surface area contributed by atoms with Crippen molar-refractivity contribution in [2.45, 2.75) is 18.9 Å². The van der Waals surface area contributed by atoms with Crippen LogP contribution >= 0.6 is 22.6 Å². The van der Waals surface area contributed by atoms with Crippen molar-refractivity contribution in [3.63, 3.8) is 0 Å². The molecule has 1 aliphatic heterocycles. The van der Waals surface area contributed by atoms with Crippen LogP contribution < -0.4 is 5.32 Å². The number of carbonyl (C=O) groups excluding carboxylic acids is 1. The van der Waals surface area contributed by atoms with Crippen molar-refractivity contribution in [1.29, 1.82) is 5.26 Å². The predicted octanol–water partition coefficient (Wildman–Crippen LogP) is 2.09. The molecule has 1 aromatic rings. The predicted molar refractivity (Wildman–Crippen MR) is 77.0 cm³/mol. The lowest BCUT2D eigenvalue weighted by Gasteiger charge is -2.09. The van der Waals surface area contributed by atoms with Gasteiger partial charge in [0.2, 0.25) is 0 Å². The molecule has 5 nitrogen and oxygen atoms in total. The third-order valence-corrected chi connectivity index (χ3v) is 3.34. The highest BCUT2D eigenvalue weighted by atomic mass is 127. The van der Waals surface area contributed by atoms with Crippen molar-refractivity contribution in [3.8, 4) is 6.07 Å². The van der Waals surface area contributed by atoms with Crippen LogP contribution in [-0.2, 0) is 9.53 Å². The number of hydrogen-bond acceptors (Lipinski definition) is 4. The normalized spacial score (nSPS) is 19.2. The van der Waals surface area contributed by atoms with Crippen molar-refractivity contribution in [1.82, 2.24) is 5.32 Å². The first kappa shape index (κ1) is 14.1. The van der Waals surface area contributed by atoms with E-state index < -0.39 is 5.91 Å². The van der Waals surface area contributed by atoms with Crippen LogP contribution in [0.5, 0.6) is 0 Å². The highest BCUT2D eigenvalue weighted by Crippen LogP contribution is 2.14. The van der Waals surface area contributed by atoms with Gasteiger partial charge >= 0.3 is 0 Å². The summed E-state index contributed by atoms with van der Waals surface area (Å²) < 4.78 is 11.4. The maximum Gasteiger partial charge on any atom is 0.262 e. The maximum absolute atomic E-state index is 11.8. The van der Waals surface area contributed by atoms with Gasteiger partial charge in [0.25, 0.3) is 5.91 Å². The molecule has 6 heteroatoms. The van der Waals surface area contributed by atoms with Gasteiger partial charge < -0.3 is 14.5 Å². The molecule has 1 aromatic heterocycles. The highest BCUT2D eigenvalue weighted by molar-refractivity contribution is 14.1. The molecule has 0 unspecified atom stereocenters. The fourth-order valence-electron chi connectivity index (χ4n) is 1.80. The molecule has 1 fully saturated rings. The molecule has 0 aliphatic carbocycles. The Morgan fingerprint density at radius 1 is 1.63 bits per heavy atom. The van der Waals surface area contributed by atoms with Crippen molar-refractivity contribution in [2.24, 2.45) is 0 Å². The van der Waals surface area contributed by atoms with Crippen LogP contribution in [0, 0.1) is 15.1 Å². The topological polar surface area (TPSA) is 75.3 Å². The molecular formula is C13H13IN2O3. The average molecular weight is 372 g/mol. The van der Waals surface area contributed by atoms with E-state index in [2.05, 4.69) is 5.32 Å². The molecule has 1 N–H and O–H groups in total. The molecular weight excluding hydrogens is 359 g/mol. The molecule has 1 atom stereocenters. The Bertz CT molecular complexity index is 524. The molecule has 0 bridgehead atoms. The summed E-state index contributed by atoms with van der Waals surface area (Å²) in [6, 6.07) is 5.37.